The fourth-order valence-electron chi connectivity index (χ4n) is 2.83. The third-order valence-electron chi connectivity index (χ3n) is 4.45. The van der Waals surface area contributed by atoms with Crippen LogP contribution in [0.4, 0.5) is 5.69 Å². The first-order valence-corrected chi connectivity index (χ1v) is 9.56. The number of rotatable bonds is 9. The monoisotopic (exact) mass is 391 g/mol. The zero-order valence-electron chi connectivity index (χ0n) is 16.6. The van der Waals surface area contributed by atoms with Crippen molar-refractivity contribution >= 4 is 11.7 Å². The van der Waals surface area contributed by atoms with Crippen molar-refractivity contribution in [3.8, 4) is 11.5 Å². The van der Waals surface area contributed by atoms with Gasteiger partial charge in [0.1, 0.15) is 6.61 Å². The van der Waals surface area contributed by atoms with E-state index in [9.17, 15) is 4.79 Å². The number of aromatic carboxylic acids is 1. The van der Waals surface area contributed by atoms with E-state index in [4.69, 9.17) is 14.6 Å². The lowest BCUT2D eigenvalue weighted by atomic mass is 10.1. The van der Waals surface area contributed by atoms with E-state index in [1.165, 1.54) is 5.56 Å². The van der Waals surface area contributed by atoms with Crippen LogP contribution in [-0.2, 0) is 13.2 Å². The molecule has 0 saturated carbocycles. The van der Waals surface area contributed by atoms with Gasteiger partial charge in [-0.1, -0.05) is 35.9 Å². The van der Waals surface area contributed by atoms with Crippen LogP contribution in [0.25, 0.3) is 0 Å². The van der Waals surface area contributed by atoms with Crippen LogP contribution in [0.15, 0.2) is 66.7 Å². The molecule has 0 amide bonds. The lowest BCUT2D eigenvalue weighted by Gasteiger charge is -2.14. The maximum atomic E-state index is 10.9. The molecule has 29 heavy (non-hydrogen) atoms. The van der Waals surface area contributed by atoms with Crippen molar-refractivity contribution in [2.45, 2.75) is 27.0 Å². The third kappa shape index (κ3) is 5.75. The van der Waals surface area contributed by atoms with E-state index in [0.29, 0.717) is 31.3 Å². The summed E-state index contributed by atoms with van der Waals surface area (Å²) in [6.07, 6.45) is 0. The van der Waals surface area contributed by atoms with E-state index >= 15 is 0 Å². The molecule has 0 saturated heterocycles. The second kappa shape index (κ2) is 9.64. The summed E-state index contributed by atoms with van der Waals surface area (Å²) in [6, 6.07) is 20.8. The van der Waals surface area contributed by atoms with E-state index in [0.717, 1.165) is 16.8 Å². The number of nitrogens with one attached hydrogen (secondary N) is 1. The average Bonchev–Trinajstić information content (AvgIpc) is 2.73. The molecule has 0 unspecified atom stereocenters. The summed E-state index contributed by atoms with van der Waals surface area (Å²) in [5.41, 5.74) is 4.49. The number of hydrogen-bond donors (Lipinski definition) is 2. The zero-order valence-corrected chi connectivity index (χ0v) is 16.6. The summed E-state index contributed by atoms with van der Waals surface area (Å²) in [5.74, 6) is 0.487. The van der Waals surface area contributed by atoms with Gasteiger partial charge in [-0.25, -0.2) is 4.79 Å². The van der Waals surface area contributed by atoms with E-state index in [1.807, 2.05) is 25.1 Å². The van der Waals surface area contributed by atoms with Crippen molar-refractivity contribution in [2.75, 3.05) is 11.9 Å². The lowest BCUT2D eigenvalue weighted by Crippen LogP contribution is -2.03. The van der Waals surface area contributed by atoms with Gasteiger partial charge >= 0.3 is 5.97 Å². The maximum absolute atomic E-state index is 10.9. The predicted octanol–water partition coefficient (Wildman–Crippen LogP) is 5.28. The Morgan fingerprint density at radius 1 is 0.897 bits per heavy atom. The van der Waals surface area contributed by atoms with Gasteiger partial charge in [0.2, 0.25) is 0 Å². The molecule has 5 nitrogen and oxygen atoms in total. The van der Waals surface area contributed by atoms with Crippen molar-refractivity contribution in [3.05, 3.63) is 89.0 Å². The van der Waals surface area contributed by atoms with Crippen LogP contribution in [0.3, 0.4) is 0 Å². The number of carboxylic acids is 1. The molecule has 0 fully saturated rings. The summed E-state index contributed by atoms with van der Waals surface area (Å²) in [7, 11) is 0. The van der Waals surface area contributed by atoms with E-state index in [-0.39, 0.29) is 5.56 Å². The Kier molecular flexibility index (Phi) is 6.74. The highest BCUT2D eigenvalue weighted by Gasteiger charge is 2.08. The van der Waals surface area contributed by atoms with Gasteiger partial charge < -0.3 is 19.9 Å². The summed E-state index contributed by atoms with van der Waals surface area (Å²) in [4.78, 5) is 10.9. The number of carboxylic acid groups (broad SMARTS) is 1. The van der Waals surface area contributed by atoms with Crippen LogP contribution < -0.4 is 14.8 Å². The summed E-state index contributed by atoms with van der Waals surface area (Å²) in [6.45, 7) is 5.62. The van der Waals surface area contributed by atoms with Gasteiger partial charge in [-0.3, -0.25) is 0 Å². The third-order valence-corrected chi connectivity index (χ3v) is 4.45. The summed E-state index contributed by atoms with van der Waals surface area (Å²) in [5, 5.41) is 12.3. The highest BCUT2D eigenvalue weighted by atomic mass is 16.5. The Morgan fingerprint density at radius 2 is 1.59 bits per heavy atom. The number of aryl methyl sites for hydroxylation is 1. The lowest BCUT2D eigenvalue weighted by molar-refractivity contribution is 0.0697. The standard InChI is InChI=1S/C24H25NO4/c1-3-28-23-14-19(15-25-21-11-9-20(10-12-21)24(26)27)8-13-22(23)29-16-18-6-4-17(2)5-7-18/h4-14,25H,3,15-16H2,1-2H3,(H,26,27). The molecule has 3 aromatic carbocycles. The molecule has 0 aliphatic carbocycles. The summed E-state index contributed by atoms with van der Waals surface area (Å²) >= 11 is 0. The zero-order chi connectivity index (χ0) is 20.6. The SMILES string of the molecule is CCOc1cc(CNc2ccc(C(=O)O)cc2)ccc1OCc1ccc(C)cc1. The topological polar surface area (TPSA) is 67.8 Å². The first-order valence-electron chi connectivity index (χ1n) is 9.56. The van der Waals surface area contributed by atoms with Crippen LogP contribution in [0, 0.1) is 6.92 Å². The van der Waals surface area contributed by atoms with Gasteiger partial charge in [0.15, 0.2) is 11.5 Å². The van der Waals surface area contributed by atoms with Crippen molar-refractivity contribution in [1.82, 2.24) is 0 Å². The quantitative estimate of drug-likeness (QED) is 0.519. The number of carbonyl (C=O) groups is 1. The Bertz CT molecular complexity index is 950. The number of benzene rings is 3. The average molecular weight is 391 g/mol. The fourth-order valence-corrected chi connectivity index (χ4v) is 2.83. The highest BCUT2D eigenvalue weighted by Crippen LogP contribution is 2.29. The molecule has 150 valence electrons. The van der Waals surface area contributed by atoms with Gasteiger partial charge in [-0.15, -0.1) is 0 Å². The highest BCUT2D eigenvalue weighted by molar-refractivity contribution is 5.88. The molecule has 3 aromatic rings. The van der Waals surface area contributed by atoms with E-state index < -0.39 is 5.97 Å². The van der Waals surface area contributed by atoms with Crippen molar-refractivity contribution in [1.29, 1.82) is 0 Å². The maximum Gasteiger partial charge on any atom is 0.335 e. The number of anilines is 1. The van der Waals surface area contributed by atoms with E-state index in [2.05, 4.69) is 36.5 Å². The van der Waals surface area contributed by atoms with Crippen LogP contribution in [0.2, 0.25) is 0 Å². The molecule has 0 bridgehead atoms. The Hall–Kier alpha value is -3.47. The first kappa shape index (κ1) is 20.3. The summed E-state index contributed by atoms with van der Waals surface area (Å²) < 4.78 is 11.7. The van der Waals surface area contributed by atoms with Crippen LogP contribution in [0.1, 0.15) is 34.0 Å². The minimum atomic E-state index is -0.931. The van der Waals surface area contributed by atoms with Crippen molar-refractivity contribution < 1.29 is 19.4 Å². The molecular formula is C24H25NO4. The van der Waals surface area contributed by atoms with Crippen LogP contribution >= 0.6 is 0 Å². The predicted molar refractivity (Wildman–Crippen MR) is 114 cm³/mol. The molecule has 0 spiro atoms. The molecule has 2 N–H and O–H groups in total. The number of ether oxygens (including phenoxy) is 2. The Balaban J connectivity index is 1.64. The first-order chi connectivity index (χ1) is 14.0. The molecule has 0 aromatic heterocycles. The molecule has 0 heterocycles. The minimum absolute atomic E-state index is 0.268. The van der Waals surface area contributed by atoms with Crippen molar-refractivity contribution in [3.63, 3.8) is 0 Å². The van der Waals surface area contributed by atoms with Crippen LogP contribution in [0.5, 0.6) is 11.5 Å². The second-order valence-corrected chi connectivity index (χ2v) is 6.72. The minimum Gasteiger partial charge on any atom is -0.490 e. The van der Waals surface area contributed by atoms with Crippen molar-refractivity contribution in [2.24, 2.45) is 0 Å². The van der Waals surface area contributed by atoms with Gasteiger partial charge in [-0.2, -0.15) is 0 Å². The van der Waals surface area contributed by atoms with Gasteiger partial charge in [0, 0.05) is 12.2 Å². The van der Waals surface area contributed by atoms with Crippen LogP contribution in [-0.4, -0.2) is 17.7 Å². The van der Waals surface area contributed by atoms with E-state index in [1.54, 1.807) is 24.3 Å². The molecule has 0 aliphatic heterocycles. The Labute approximate surface area is 170 Å². The van der Waals surface area contributed by atoms with Gasteiger partial charge in [0.05, 0.1) is 12.2 Å². The molecular weight excluding hydrogens is 366 g/mol. The smallest absolute Gasteiger partial charge is 0.335 e. The fraction of sp³-hybridized carbons (Fsp3) is 0.208. The molecule has 0 aliphatic rings. The van der Waals surface area contributed by atoms with Gasteiger partial charge in [0.25, 0.3) is 0 Å². The Morgan fingerprint density at radius 3 is 2.24 bits per heavy atom. The molecule has 0 radical (unpaired) electrons. The number of hydrogen-bond acceptors (Lipinski definition) is 4. The normalized spacial score (nSPS) is 10.4. The molecule has 0 atom stereocenters. The second-order valence-electron chi connectivity index (χ2n) is 6.72. The molecule has 5 heteroatoms. The largest absolute Gasteiger partial charge is 0.490 e. The van der Waals surface area contributed by atoms with Gasteiger partial charge in [-0.05, 0) is 61.4 Å². The molecule has 3 rings (SSSR count).